The van der Waals surface area contributed by atoms with Crippen molar-refractivity contribution in [1.82, 2.24) is 5.01 Å². The van der Waals surface area contributed by atoms with Gasteiger partial charge in [0.1, 0.15) is 5.69 Å². The molecular formula is C14H16F6IN3. The van der Waals surface area contributed by atoms with Crippen LogP contribution in [0.5, 0.6) is 0 Å². The van der Waals surface area contributed by atoms with E-state index >= 15 is 0 Å². The van der Waals surface area contributed by atoms with Gasteiger partial charge in [0.2, 0.25) is 0 Å². The molecule has 136 valence electrons. The van der Waals surface area contributed by atoms with Crippen LogP contribution in [0.1, 0.15) is 38.8 Å². The molecule has 0 spiro atoms. The molecule has 10 heteroatoms. The van der Waals surface area contributed by atoms with Crippen molar-refractivity contribution in [2.75, 3.05) is 0 Å². The Bertz CT molecular complexity index is 565. The Labute approximate surface area is 149 Å². The molecule has 24 heavy (non-hydrogen) atoms. The molecule has 0 aliphatic rings. The fraction of sp³-hybridized carbons (Fsp3) is 0.571. The molecule has 0 N–H and O–H groups in total. The zero-order valence-electron chi connectivity index (χ0n) is 13.3. The molecule has 1 aromatic rings. The van der Waals surface area contributed by atoms with Crippen molar-refractivity contribution >= 4 is 28.3 Å². The number of alkyl halides is 6. The molecule has 0 bridgehead atoms. The van der Waals surface area contributed by atoms with E-state index in [9.17, 15) is 26.3 Å². The summed E-state index contributed by atoms with van der Waals surface area (Å²) in [5.41, 5.74) is -4.14. The average Bonchev–Trinajstić information content (AvgIpc) is 2.36. The molecule has 3 nitrogen and oxygen atoms in total. The van der Waals surface area contributed by atoms with Gasteiger partial charge in [-0.15, -0.1) is 5.11 Å². The molecule has 0 atom stereocenters. The molecule has 0 aromatic heterocycles. The first kappa shape index (κ1) is 21.0. The highest BCUT2D eigenvalue weighted by molar-refractivity contribution is 14.1. The van der Waals surface area contributed by atoms with E-state index in [4.69, 9.17) is 0 Å². The quantitative estimate of drug-likeness (QED) is 0.217. The smallest absolute Gasteiger partial charge is 0.273 e. The lowest BCUT2D eigenvalue weighted by atomic mass is 10.1. The Hall–Kier alpha value is -1.07. The van der Waals surface area contributed by atoms with E-state index in [0.29, 0.717) is 12.1 Å². The summed E-state index contributed by atoms with van der Waals surface area (Å²) in [5, 5.41) is 8.29. The lowest BCUT2D eigenvalue weighted by Crippen LogP contribution is -2.31. The first-order valence-corrected chi connectivity index (χ1v) is 8.01. The molecule has 0 amide bonds. The van der Waals surface area contributed by atoms with Crippen LogP contribution in [0.15, 0.2) is 22.5 Å². The second kappa shape index (κ2) is 7.44. The van der Waals surface area contributed by atoms with Crippen LogP contribution in [0, 0.1) is 3.57 Å². The Morgan fingerprint density at radius 1 is 0.875 bits per heavy atom. The van der Waals surface area contributed by atoms with Gasteiger partial charge in [-0.1, -0.05) is 5.22 Å². The molecule has 1 rings (SSSR count). The third kappa shape index (κ3) is 5.21. The first-order chi connectivity index (χ1) is 10.7. The van der Waals surface area contributed by atoms with E-state index in [0.717, 1.165) is 0 Å². The molecule has 0 radical (unpaired) electrons. The lowest BCUT2D eigenvalue weighted by molar-refractivity contribution is -0.142. The van der Waals surface area contributed by atoms with Crippen LogP contribution in [-0.2, 0) is 12.4 Å². The van der Waals surface area contributed by atoms with E-state index in [1.54, 1.807) is 27.7 Å². The molecule has 1 aromatic carbocycles. The van der Waals surface area contributed by atoms with Crippen LogP contribution in [0.25, 0.3) is 0 Å². The third-order valence-corrected chi connectivity index (χ3v) is 3.61. The van der Waals surface area contributed by atoms with Gasteiger partial charge < -0.3 is 0 Å². The normalized spacial score (nSPS) is 13.4. The summed E-state index contributed by atoms with van der Waals surface area (Å²) in [5.74, 6) is 0. The molecule has 0 saturated heterocycles. The van der Waals surface area contributed by atoms with Crippen molar-refractivity contribution in [3.05, 3.63) is 26.8 Å². The van der Waals surface area contributed by atoms with Crippen LogP contribution in [0.3, 0.4) is 0 Å². The monoisotopic (exact) mass is 467 g/mol. The maximum atomic E-state index is 13.2. The summed E-state index contributed by atoms with van der Waals surface area (Å²) in [6.45, 7) is 6.84. The largest absolute Gasteiger partial charge is 0.418 e. The van der Waals surface area contributed by atoms with Gasteiger partial charge in [-0.2, -0.15) is 26.3 Å². The molecule has 0 unspecified atom stereocenters. The van der Waals surface area contributed by atoms with Crippen molar-refractivity contribution in [3.63, 3.8) is 0 Å². The predicted octanol–water partition coefficient (Wildman–Crippen LogP) is 6.45. The summed E-state index contributed by atoms with van der Waals surface area (Å²) in [4.78, 5) is 0. The second-order valence-corrected chi connectivity index (χ2v) is 6.85. The van der Waals surface area contributed by atoms with E-state index in [1.165, 1.54) is 27.6 Å². The molecule has 0 heterocycles. The van der Waals surface area contributed by atoms with Crippen molar-refractivity contribution < 1.29 is 26.3 Å². The van der Waals surface area contributed by atoms with Crippen LogP contribution >= 0.6 is 22.6 Å². The van der Waals surface area contributed by atoms with Gasteiger partial charge in [-0.3, -0.25) is 5.01 Å². The highest BCUT2D eigenvalue weighted by Gasteiger charge is 2.42. The Balaban J connectivity index is 3.59. The van der Waals surface area contributed by atoms with Gasteiger partial charge in [-0.05, 0) is 62.4 Å². The molecule has 0 aliphatic heterocycles. The number of benzene rings is 1. The van der Waals surface area contributed by atoms with Crippen LogP contribution in [0.4, 0.5) is 32.0 Å². The van der Waals surface area contributed by atoms with Gasteiger partial charge in [0.25, 0.3) is 0 Å². The van der Waals surface area contributed by atoms with Crippen LogP contribution < -0.4 is 0 Å². The third-order valence-electron chi connectivity index (χ3n) is 2.99. The summed E-state index contributed by atoms with van der Waals surface area (Å²) in [6, 6.07) is 0.779. The van der Waals surface area contributed by atoms with E-state index in [1.807, 2.05) is 0 Å². The summed E-state index contributed by atoms with van der Waals surface area (Å²) in [6.07, 6.45) is -9.95. The summed E-state index contributed by atoms with van der Waals surface area (Å²) >= 11 is 1.41. The van der Waals surface area contributed by atoms with Crippen LogP contribution in [-0.4, -0.2) is 17.1 Å². The fourth-order valence-electron chi connectivity index (χ4n) is 2.04. The van der Waals surface area contributed by atoms with Gasteiger partial charge in [-0.25, -0.2) is 0 Å². The molecular weight excluding hydrogens is 451 g/mol. The van der Waals surface area contributed by atoms with Gasteiger partial charge >= 0.3 is 12.4 Å². The Morgan fingerprint density at radius 3 is 1.54 bits per heavy atom. The average molecular weight is 467 g/mol. The van der Waals surface area contributed by atoms with Gasteiger partial charge in [0.15, 0.2) is 0 Å². The van der Waals surface area contributed by atoms with Crippen molar-refractivity contribution in [3.8, 4) is 0 Å². The number of hydrogen-bond acceptors (Lipinski definition) is 2. The van der Waals surface area contributed by atoms with Crippen molar-refractivity contribution in [2.45, 2.75) is 52.1 Å². The van der Waals surface area contributed by atoms with Crippen molar-refractivity contribution in [1.29, 1.82) is 0 Å². The van der Waals surface area contributed by atoms with E-state index < -0.39 is 29.2 Å². The number of hydrogen-bond donors (Lipinski definition) is 0. The minimum atomic E-state index is -4.98. The summed E-state index contributed by atoms with van der Waals surface area (Å²) in [7, 11) is 0. The number of halogens is 7. The van der Waals surface area contributed by atoms with Crippen molar-refractivity contribution in [2.24, 2.45) is 10.3 Å². The van der Waals surface area contributed by atoms with Crippen LogP contribution in [0.2, 0.25) is 0 Å². The maximum absolute atomic E-state index is 13.2. The highest BCUT2D eigenvalue weighted by Crippen LogP contribution is 2.45. The first-order valence-electron chi connectivity index (χ1n) is 6.93. The highest BCUT2D eigenvalue weighted by atomic mass is 127. The SMILES string of the molecule is CC(C)N(N=Nc1c(C(F)(F)F)cc(I)cc1C(F)(F)F)C(C)C. The Kier molecular flexibility index (Phi) is 6.50. The minimum absolute atomic E-state index is 0.184. The lowest BCUT2D eigenvalue weighted by Gasteiger charge is -2.26. The molecule has 0 aliphatic carbocycles. The van der Waals surface area contributed by atoms with E-state index in [-0.39, 0.29) is 15.7 Å². The number of rotatable bonds is 4. The Morgan fingerprint density at radius 2 is 1.25 bits per heavy atom. The number of nitrogens with zero attached hydrogens (tertiary/aromatic N) is 3. The molecule has 0 fully saturated rings. The zero-order chi connectivity index (χ0) is 18.9. The predicted molar refractivity (Wildman–Crippen MR) is 85.8 cm³/mol. The topological polar surface area (TPSA) is 28.0 Å². The van der Waals surface area contributed by atoms with Gasteiger partial charge in [0.05, 0.1) is 11.1 Å². The minimum Gasteiger partial charge on any atom is -0.273 e. The molecule has 0 saturated carbocycles. The fourth-order valence-corrected chi connectivity index (χ4v) is 2.66. The van der Waals surface area contributed by atoms with Gasteiger partial charge in [0, 0.05) is 15.7 Å². The summed E-state index contributed by atoms with van der Waals surface area (Å²) < 4.78 is 78.7. The maximum Gasteiger partial charge on any atom is 0.418 e. The second-order valence-electron chi connectivity index (χ2n) is 5.60. The zero-order valence-corrected chi connectivity index (χ0v) is 15.5. The standard InChI is InChI=1S/C14H16F6IN3/c1-7(2)24(8(3)4)23-22-12-10(13(15,16)17)5-9(21)6-11(12)14(18,19)20/h5-8H,1-4H3. The van der Waals surface area contributed by atoms with E-state index in [2.05, 4.69) is 10.3 Å².